The lowest BCUT2D eigenvalue weighted by atomic mass is 9.95. The highest BCUT2D eigenvalue weighted by Crippen LogP contribution is 2.20. The Morgan fingerprint density at radius 3 is 3.10 bits per heavy atom. The van der Waals surface area contributed by atoms with E-state index < -0.39 is 0 Å². The summed E-state index contributed by atoms with van der Waals surface area (Å²) in [4.78, 5) is 16.5. The summed E-state index contributed by atoms with van der Waals surface area (Å²) in [6.45, 7) is 5.83. The first-order chi connectivity index (χ1) is 10.1. The predicted molar refractivity (Wildman–Crippen MR) is 80.9 cm³/mol. The number of nitrogens with zero attached hydrogens (tertiary/aromatic N) is 1. The third-order valence-electron chi connectivity index (χ3n) is 3.59. The Morgan fingerprint density at radius 2 is 2.43 bits per heavy atom. The molecule has 0 radical (unpaired) electrons. The number of halogens is 1. The zero-order chi connectivity index (χ0) is 15.2. The molecule has 1 N–H and O–H groups in total. The Kier molecular flexibility index (Phi) is 5.82. The third kappa shape index (κ3) is 4.32. The minimum Gasteiger partial charge on any atom is -0.478 e. The van der Waals surface area contributed by atoms with Crippen molar-refractivity contribution in [3.63, 3.8) is 0 Å². The quantitative estimate of drug-likeness (QED) is 0.908. The van der Waals surface area contributed by atoms with Crippen molar-refractivity contribution in [2.75, 3.05) is 19.8 Å². The number of nitrogens with one attached hydrogen (secondary N) is 1. The summed E-state index contributed by atoms with van der Waals surface area (Å²) >= 11 is 6.06. The normalized spacial score (nSPS) is 19.9. The summed E-state index contributed by atoms with van der Waals surface area (Å²) in [5, 5.41) is 3.28. The molecule has 1 aromatic rings. The van der Waals surface area contributed by atoms with Crippen LogP contribution in [0.1, 0.15) is 37.2 Å². The molecule has 21 heavy (non-hydrogen) atoms. The van der Waals surface area contributed by atoms with Crippen LogP contribution in [0.3, 0.4) is 0 Å². The van der Waals surface area contributed by atoms with E-state index in [2.05, 4.69) is 10.3 Å². The zero-order valence-corrected chi connectivity index (χ0v) is 13.2. The Balaban J connectivity index is 2.03. The molecule has 1 amide bonds. The van der Waals surface area contributed by atoms with Crippen LogP contribution in [0, 0.1) is 5.92 Å². The number of amides is 1. The summed E-state index contributed by atoms with van der Waals surface area (Å²) in [6, 6.07) is 3.30. The number of carbonyl (C=O) groups is 1. The summed E-state index contributed by atoms with van der Waals surface area (Å²) in [7, 11) is 0. The average molecular weight is 313 g/mol. The van der Waals surface area contributed by atoms with E-state index in [1.165, 1.54) is 0 Å². The lowest BCUT2D eigenvalue weighted by molar-refractivity contribution is 0.0409. The topological polar surface area (TPSA) is 60.5 Å². The van der Waals surface area contributed by atoms with Crippen molar-refractivity contribution >= 4 is 17.5 Å². The van der Waals surface area contributed by atoms with E-state index in [9.17, 15) is 4.79 Å². The van der Waals surface area contributed by atoms with Crippen LogP contribution < -0.4 is 10.1 Å². The maximum Gasteiger partial charge on any atom is 0.271 e. The number of hydrogen-bond donors (Lipinski definition) is 1. The van der Waals surface area contributed by atoms with Crippen LogP contribution in [0.5, 0.6) is 5.88 Å². The van der Waals surface area contributed by atoms with Gasteiger partial charge in [-0.05, 0) is 32.8 Å². The predicted octanol–water partition coefficient (Wildman–Crippen LogP) is 2.68. The lowest BCUT2D eigenvalue weighted by Gasteiger charge is -2.28. The van der Waals surface area contributed by atoms with E-state index in [1.54, 1.807) is 12.1 Å². The molecular weight excluding hydrogens is 292 g/mol. The molecule has 0 aromatic carbocycles. The van der Waals surface area contributed by atoms with Gasteiger partial charge in [0.15, 0.2) is 5.69 Å². The molecule has 2 heterocycles. The van der Waals surface area contributed by atoms with Crippen LogP contribution in [0.2, 0.25) is 5.02 Å². The lowest BCUT2D eigenvalue weighted by Crippen LogP contribution is -2.41. The van der Waals surface area contributed by atoms with Crippen molar-refractivity contribution in [1.29, 1.82) is 0 Å². The molecule has 0 spiro atoms. The summed E-state index contributed by atoms with van der Waals surface area (Å²) < 4.78 is 10.8. The highest BCUT2D eigenvalue weighted by molar-refractivity contribution is 6.33. The summed E-state index contributed by atoms with van der Waals surface area (Å²) in [6.07, 6.45) is 2.09. The molecule has 0 aliphatic carbocycles. The fraction of sp³-hybridized carbons (Fsp3) is 0.600. The van der Waals surface area contributed by atoms with Crippen molar-refractivity contribution in [3.8, 4) is 5.88 Å². The van der Waals surface area contributed by atoms with E-state index in [0.29, 0.717) is 30.0 Å². The Bertz CT molecular complexity index is 490. The van der Waals surface area contributed by atoms with Crippen molar-refractivity contribution < 1.29 is 14.3 Å². The largest absolute Gasteiger partial charge is 0.478 e. The van der Waals surface area contributed by atoms with Gasteiger partial charge in [0.1, 0.15) is 0 Å². The first-order valence-electron chi connectivity index (χ1n) is 7.29. The minimum absolute atomic E-state index is 0.0198. The standard InChI is InChI=1S/C15H21ClN2O3/c1-3-21-13-7-6-12(16)14(18-13)15(19)17-10(2)11-5-4-8-20-9-11/h6-7,10-11H,3-5,8-9H2,1-2H3,(H,17,19)/t10-,11-/m0/s1. The molecule has 0 saturated carbocycles. The highest BCUT2D eigenvalue weighted by Gasteiger charge is 2.24. The Labute approximate surface area is 130 Å². The molecule has 2 rings (SSSR count). The second-order valence-electron chi connectivity index (χ2n) is 5.15. The molecule has 1 aliphatic rings. The van der Waals surface area contributed by atoms with Gasteiger partial charge in [0.25, 0.3) is 5.91 Å². The average Bonchev–Trinajstić information content (AvgIpc) is 2.50. The number of carbonyl (C=O) groups excluding carboxylic acids is 1. The molecule has 1 fully saturated rings. The van der Waals surface area contributed by atoms with Crippen LogP contribution >= 0.6 is 11.6 Å². The molecular formula is C15H21ClN2O3. The van der Waals surface area contributed by atoms with Crippen molar-refractivity contribution in [2.45, 2.75) is 32.7 Å². The van der Waals surface area contributed by atoms with E-state index in [-0.39, 0.29) is 17.6 Å². The van der Waals surface area contributed by atoms with Gasteiger partial charge in [0.05, 0.1) is 18.2 Å². The van der Waals surface area contributed by atoms with Gasteiger partial charge >= 0.3 is 0 Å². The van der Waals surface area contributed by atoms with Crippen LogP contribution in [0.4, 0.5) is 0 Å². The van der Waals surface area contributed by atoms with Gasteiger partial charge in [-0.3, -0.25) is 4.79 Å². The first kappa shape index (κ1) is 16.0. The SMILES string of the molecule is CCOc1ccc(Cl)c(C(=O)N[C@@H](C)[C@H]2CCCOC2)n1. The first-order valence-corrected chi connectivity index (χ1v) is 7.67. The molecule has 0 unspecified atom stereocenters. The van der Waals surface area contributed by atoms with Gasteiger partial charge in [-0.15, -0.1) is 0 Å². The van der Waals surface area contributed by atoms with Crippen LogP contribution in [-0.2, 0) is 4.74 Å². The van der Waals surface area contributed by atoms with E-state index in [0.717, 1.165) is 19.4 Å². The molecule has 5 nitrogen and oxygen atoms in total. The number of rotatable bonds is 5. The summed E-state index contributed by atoms with van der Waals surface area (Å²) in [5.41, 5.74) is 0.200. The maximum absolute atomic E-state index is 12.3. The van der Waals surface area contributed by atoms with Gasteiger partial charge in [0, 0.05) is 24.6 Å². The van der Waals surface area contributed by atoms with Gasteiger partial charge in [-0.25, -0.2) is 4.98 Å². The smallest absolute Gasteiger partial charge is 0.271 e. The molecule has 2 atom stereocenters. The molecule has 1 saturated heterocycles. The molecule has 6 heteroatoms. The van der Waals surface area contributed by atoms with Crippen LogP contribution in [0.15, 0.2) is 12.1 Å². The molecule has 0 bridgehead atoms. The molecule has 116 valence electrons. The maximum atomic E-state index is 12.3. The number of pyridine rings is 1. The summed E-state index contributed by atoms with van der Waals surface area (Å²) in [5.74, 6) is 0.455. The van der Waals surface area contributed by atoms with Crippen molar-refractivity contribution in [3.05, 3.63) is 22.8 Å². The molecule has 1 aliphatic heterocycles. The Morgan fingerprint density at radius 1 is 1.62 bits per heavy atom. The third-order valence-corrected chi connectivity index (χ3v) is 3.89. The second kappa shape index (κ2) is 7.61. The fourth-order valence-corrected chi connectivity index (χ4v) is 2.56. The van der Waals surface area contributed by atoms with Gasteiger partial charge in [0.2, 0.25) is 5.88 Å². The monoisotopic (exact) mass is 312 g/mol. The number of aromatic nitrogens is 1. The highest BCUT2D eigenvalue weighted by atomic mass is 35.5. The van der Waals surface area contributed by atoms with Crippen LogP contribution in [0.25, 0.3) is 0 Å². The van der Waals surface area contributed by atoms with Gasteiger partial charge in [-0.2, -0.15) is 0 Å². The van der Waals surface area contributed by atoms with Gasteiger partial charge in [-0.1, -0.05) is 11.6 Å². The van der Waals surface area contributed by atoms with Crippen molar-refractivity contribution in [1.82, 2.24) is 10.3 Å². The van der Waals surface area contributed by atoms with E-state index in [1.807, 2.05) is 13.8 Å². The zero-order valence-electron chi connectivity index (χ0n) is 12.4. The fourth-order valence-electron chi connectivity index (χ4n) is 2.36. The minimum atomic E-state index is -0.278. The van der Waals surface area contributed by atoms with Crippen LogP contribution in [-0.4, -0.2) is 36.8 Å². The van der Waals surface area contributed by atoms with Crippen molar-refractivity contribution in [2.24, 2.45) is 5.92 Å². The Hall–Kier alpha value is -1.33. The second-order valence-corrected chi connectivity index (χ2v) is 5.56. The van der Waals surface area contributed by atoms with E-state index in [4.69, 9.17) is 21.1 Å². The number of ether oxygens (including phenoxy) is 2. The van der Waals surface area contributed by atoms with Gasteiger partial charge < -0.3 is 14.8 Å². The number of hydrogen-bond acceptors (Lipinski definition) is 4. The molecule has 1 aromatic heterocycles. The van der Waals surface area contributed by atoms with E-state index >= 15 is 0 Å².